The van der Waals surface area contributed by atoms with Gasteiger partial charge in [-0.2, -0.15) is 0 Å². The predicted molar refractivity (Wildman–Crippen MR) is 96.8 cm³/mol. The lowest BCUT2D eigenvalue weighted by Gasteiger charge is -2.15. The Labute approximate surface area is 154 Å². The Morgan fingerprint density at radius 2 is 1.88 bits per heavy atom. The molecule has 0 aliphatic carbocycles. The molecule has 1 N–H and O–H groups in total. The Bertz CT molecular complexity index is 762. The highest BCUT2D eigenvalue weighted by molar-refractivity contribution is 9.10. The van der Waals surface area contributed by atoms with E-state index in [0.717, 1.165) is 18.1 Å². The van der Waals surface area contributed by atoms with Gasteiger partial charge in [0.25, 0.3) is 5.91 Å². The van der Waals surface area contributed by atoms with Crippen molar-refractivity contribution in [1.29, 1.82) is 0 Å². The smallest absolute Gasteiger partial charge is 0.339 e. The molecular weight excluding hydrogens is 389 g/mol. The van der Waals surface area contributed by atoms with Gasteiger partial charge >= 0.3 is 5.97 Å². The van der Waals surface area contributed by atoms with Gasteiger partial charge in [-0.25, -0.2) is 9.18 Å². The zero-order valence-electron chi connectivity index (χ0n) is 14.0. The molecule has 6 heteroatoms. The summed E-state index contributed by atoms with van der Waals surface area (Å²) in [7, 11) is 0. The van der Waals surface area contributed by atoms with Gasteiger partial charge in [0.1, 0.15) is 5.82 Å². The van der Waals surface area contributed by atoms with Crippen LogP contribution in [0.3, 0.4) is 0 Å². The molecule has 1 amide bonds. The highest BCUT2D eigenvalue weighted by atomic mass is 79.9. The number of nitrogens with one attached hydrogen (secondary N) is 1. The van der Waals surface area contributed by atoms with Crippen molar-refractivity contribution in [2.24, 2.45) is 0 Å². The first-order valence-electron chi connectivity index (χ1n) is 7.91. The average Bonchev–Trinajstić information content (AvgIpc) is 2.59. The molecule has 0 bridgehead atoms. The molecule has 0 unspecified atom stereocenters. The van der Waals surface area contributed by atoms with E-state index in [1.54, 1.807) is 0 Å². The van der Waals surface area contributed by atoms with E-state index >= 15 is 0 Å². The van der Waals surface area contributed by atoms with E-state index in [9.17, 15) is 14.0 Å². The number of carbonyl (C=O) groups is 2. The number of rotatable bonds is 6. The summed E-state index contributed by atoms with van der Waals surface area (Å²) < 4.78 is 18.3. The third kappa shape index (κ3) is 5.39. The van der Waals surface area contributed by atoms with E-state index in [1.807, 2.05) is 31.2 Å². The normalized spacial score (nSPS) is 11.7. The summed E-state index contributed by atoms with van der Waals surface area (Å²) in [4.78, 5) is 23.9. The minimum absolute atomic E-state index is 0.164. The summed E-state index contributed by atoms with van der Waals surface area (Å²) in [5.41, 5.74) is 2.36. The van der Waals surface area contributed by atoms with E-state index in [0.29, 0.717) is 0 Å². The van der Waals surface area contributed by atoms with Crippen LogP contribution in [0.4, 0.5) is 4.39 Å². The molecule has 132 valence electrons. The van der Waals surface area contributed by atoms with Gasteiger partial charge in [0.15, 0.2) is 6.61 Å². The lowest BCUT2D eigenvalue weighted by Crippen LogP contribution is -2.31. The quantitative estimate of drug-likeness (QED) is 0.730. The summed E-state index contributed by atoms with van der Waals surface area (Å²) in [5, 5.41) is 2.78. The molecule has 2 aromatic carbocycles. The Balaban J connectivity index is 1.87. The molecule has 0 saturated heterocycles. The summed E-state index contributed by atoms with van der Waals surface area (Å²) in [6.45, 7) is 3.53. The number of carbonyl (C=O) groups excluding carboxylic acids is 2. The number of esters is 1. The van der Waals surface area contributed by atoms with Crippen LogP contribution in [0.15, 0.2) is 46.9 Å². The van der Waals surface area contributed by atoms with E-state index in [4.69, 9.17) is 4.74 Å². The van der Waals surface area contributed by atoms with Gasteiger partial charge in [-0.05, 0) is 58.6 Å². The Morgan fingerprint density at radius 3 is 2.48 bits per heavy atom. The third-order valence-electron chi connectivity index (χ3n) is 3.75. The van der Waals surface area contributed by atoms with E-state index in [-0.39, 0.29) is 16.1 Å². The SMILES string of the molecule is CCc1ccc([C@@H](C)NC(=O)COC(=O)c2ccc(F)cc2Br)cc1. The van der Waals surface area contributed by atoms with Gasteiger partial charge in [0.2, 0.25) is 0 Å². The van der Waals surface area contributed by atoms with E-state index < -0.39 is 24.3 Å². The second kappa shape index (κ2) is 8.76. The highest BCUT2D eigenvalue weighted by Gasteiger charge is 2.15. The maximum Gasteiger partial charge on any atom is 0.339 e. The lowest BCUT2D eigenvalue weighted by atomic mass is 10.1. The van der Waals surface area contributed by atoms with Gasteiger partial charge in [-0.3, -0.25) is 4.79 Å². The standard InChI is InChI=1S/C19H19BrFNO3/c1-3-13-4-6-14(7-5-13)12(2)22-18(23)11-25-19(24)16-9-8-15(21)10-17(16)20/h4-10,12H,3,11H2,1-2H3,(H,22,23)/t12-/m1/s1. The van der Waals surface area contributed by atoms with Gasteiger partial charge in [-0.1, -0.05) is 31.2 Å². The van der Waals surface area contributed by atoms with Crippen LogP contribution in [0.2, 0.25) is 0 Å². The summed E-state index contributed by atoms with van der Waals surface area (Å²) >= 11 is 3.10. The molecule has 25 heavy (non-hydrogen) atoms. The molecule has 0 radical (unpaired) electrons. The lowest BCUT2D eigenvalue weighted by molar-refractivity contribution is -0.124. The number of benzene rings is 2. The minimum atomic E-state index is -0.693. The average molecular weight is 408 g/mol. The first-order valence-corrected chi connectivity index (χ1v) is 8.70. The summed E-state index contributed by atoms with van der Waals surface area (Å²) in [6.07, 6.45) is 0.954. The van der Waals surface area contributed by atoms with Crippen LogP contribution in [-0.2, 0) is 16.0 Å². The van der Waals surface area contributed by atoms with Crippen molar-refractivity contribution in [1.82, 2.24) is 5.32 Å². The molecule has 0 saturated carbocycles. The topological polar surface area (TPSA) is 55.4 Å². The fourth-order valence-electron chi connectivity index (χ4n) is 2.27. The van der Waals surface area contributed by atoms with Crippen LogP contribution in [0, 0.1) is 5.82 Å². The van der Waals surface area contributed by atoms with Crippen LogP contribution in [0.1, 0.15) is 41.4 Å². The van der Waals surface area contributed by atoms with E-state index in [2.05, 4.69) is 28.2 Å². The third-order valence-corrected chi connectivity index (χ3v) is 4.41. The minimum Gasteiger partial charge on any atom is -0.452 e. The number of aryl methyl sites for hydroxylation is 1. The molecule has 2 aromatic rings. The van der Waals surface area contributed by atoms with Gasteiger partial charge in [-0.15, -0.1) is 0 Å². The molecule has 0 aliphatic rings. The predicted octanol–water partition coefficient (Wildman–Crippen LogP) is 4.18. The number of hydrogen-bond donors (Lipinski definition) is 1. The molecular formula is C19H19BrFNO3. The number of ether oxygens (including phenoxy) is 1. The fraction of sp³-hybridized carbons (Fsp3) is 0.263. The molecule has 0 aliphatic heterocycles. The first-order chi connectivity index (χ1) is 11.9. The Kier molecular flexibility index (Phi) is 6.70. The molecule has 0 spiro atoms. The maximum atomic E-state index is 13.0. The molecule has 0 aromatic heterocycles. The summed E-state index contributed by atoms with van der Waals surface area (Å²) in [6, 6.07) is 11.4. The number of halogens is 2. The zero-order chi connectivity index (χ0) is 18.4. The molecule has 0 fully saturated rings. The van der Waals surface area contributed by atoms with Crippen molar-refractivity contribution in [2.45, 2.75) is 26.3 Å². The largest absolute Gasteiger partial charge is 0.452 e. The van der Waals surface area contributed by atoms with Crippen LogP contribution in [0.5, 0.6) is 0 Å². The second-order valence-electron chi connectivity index (χ2n) is 5.58. The maximum absolute atomic E-state index is 13.0. The van der Waals surface area contributed by atoms with E-state index in [1.165, 1.54) is 17.7 Å². The van der Waals surface area contributed by atoms with Crippen molar-refractivity contribution in [2.75, 3.05) is 6.61 Å². The Hall–Kier alpha value is -2.21. The van der Waals surface area contributed by atoms with Gasteiger partial charge in [0.05, 0.1) is 11.6 Å². The van der Waals surface area contributed by atoms with Crippen molar-refractivity contribution in [3.63, 3.8) is 0 Å². The highest BCUT2D eigenvalue weighted by Crippen LogP contribution is 2.19. The van der Waals surface area contributed by atoms with Crippen molar-refractivity contribution in [3.8, 4) is 0 Å². The first kappa shape index (κ1) is 19.1. The monoisotopic (exact) mass is 407 g/mol. The fourth-order valence-corrected chi connectivity index (χ4v) is 2.79. The van der Waals surface area contributed by atoms with Crippen molar-refractivity contribution in [3.05, 3.63) is 69.4 Å². The number of hydrogen-bond acceptors (Lipinski definition) is 3. The van der Waals surface area contributed by atoms with Gasteiger partial charge in [0, 0.05) is 4.47 Å². The molecule has 0 heterocycles. The van der Waals surface area contributed by atoms with Crippen LogP contribution in [0.25, 0.3) is 0 Å². The van der Waals surface area contributed by atoms with Crippen LogP contribution >= 0.6 is 15.9 Å². The molecule has 1 atom stereocenters. The Morgan fingerprint density at radius 1 is 1.20 bits per heavy atom. The summed E-state index contributed by atoms with van der Waals surface area (Å²) in [5.74, 6) is -1.57. The van der Waals surface area contributed by atoms with Crippen molar-refractivity contribution >= 4 is 27.8 Å². The number of amides is 1. The van der Waals surface area contributed by atoms with Crippen molar-refractivity contribution < 1.29 is 18.7 Å². The second-order valence-corrected chi connectivity index (χ2v) is 6.44. The van der Waals surface area contributed by atoms with Gasteiger partial charge < -0.3 is 10.1 Å². The van der Waals surface area contributed by atoms with Crippen LogP contribution in [-0.4, -0.2) is 18.5 Å². The zero-order valence-corrected chi connectivity index (χ0v) is 15.6. The molecule has 2 rings (SSSR count). The molecule has 4 nitrogen and oxygen atoms in total. The van der Waals surface area contributed by atoms with Crippen LogP contribution < -0.4 is 5.32 Å².